The number of carboxylic acids is 1. The standard InChI is InChI=1S/C8H12O2/c1-6-2-4-7(5-3-6)8(9)10/h7H,1-5H2,(H,9,10). The van der Waals surface area contributed by atoms with Gasteiger partial charge in [-0.15, -0.1) is 0 Å². The van der Waals surface area contributed by atoms with Crippen LogP contribution in [-0.4, -0.2) is 11.1 Å². The van der Waals surface area contributed by atoms with E-state index in [9.17, 15) is 4.79 Å². The van der Waals surface area contributed by atoms with Gasteiger partial charge >= 0.3 is 5.97 Å². The van der Waals surface area contributed by atoms with Gasteiger partial charge in [0.05, 0.1) is 5.92 Å². The van der Waals surface area contributed by atoms with Crippen molar-refractivity contribution in [3.05, 3.63) is 12.2 Å². The van der Waals surface area contributed by atoms with Gasteiger partial charge in [0, 0.05) is 0 Å². The van der Waals surface area contributed by atoms with Crippen molar-refractivity contribution >= 4 is 5.97 Å². The van der Waals surface area contributed by atoms with Gasteiger partial charge in [-0.25, -0.2) is 0 Å². The van der Waals surface area contributed by atoms with Gasteiger partial charge in [-0.1, -0.05) is 12.2 Å². The number of hydrogen-bond donors (Lipinski definition) is 1. The van der Waals surface area contributed by atoms with Crippen LogP contribution in [0.2, 0.25) is 0 Å². The molecule has 0 atom stereocenters. The van der Waals surface area contributed by atoms with Crippen molar-refractivity contribution in [2.75, 3.05) is 0 Å². The fourth-order valence-corrected chi connectivity index (χ4v) is 1.27. The molecule has 0 bridgehead atoms. The summed E-state index contributed by atoms with van der Waals surface area (Å²) in [6.07, 6.45) is 3.37. The van der Waals surface area contributed by atoms with E-state index in [-0.39, 0.29) is 5.92 Å². The molecule has 1 saturated carbocycles. The van der Waals surface area contributed by atoms with E-state index in [1.807, 2.05) is 0 Å². The minimum atomic E-state index is -0.646. The predicted octanol–water partition coefficient (Wildman–Crippen LogP) is 1.82. The second kappa shape index (κ2) is 2.86. The average Bonchev–Trinajstić information content (AvgIpc) is 1.88. The maximum Gasteiger partial charge on any atom is 0.306 e. The molecule has 0 heterocycles. The molecule has 0 aromatic carbocycles. The lowest BCUT2D eigenvalue weighted by Gasteiger charge is -2.18. The number of carbonyl (C=O) groups is 1. The number of rotatable bonds is 1. The number of carboxylic acid groups (broad SMARTS) is 1. The molecule has 0 unspecified atom stereocenters. The van der Waals surface area contributed by atoms with Crippen LogP contribution in [0.15, 0.2) is 12.2 Å². The van der Waals surface area contributed by atoms with Gasteiger partial charge in [0.25, 0.3) is 0 Å². The SMILES string of the molecule is C=C1CCC(C(=O)O)CC1. The van der Waals surface area contributed by atoms with Crippen LogP contribution >= 0.6 is 0 Å². The minimum Gasteiger partial charge on any atom is -0.481 e. The molecule has 0 amide bonds. The predicted molar refractivity (Wildman–Crippen MR) is 38.7 cm³/mol. The smallest absolute Gasteiger partial charge is 0.306 e. The van der Waals surface area contributed by atoms with E-state index in [0.717, 1.165) is 25.7 Å². The molecule has 0 aromatic rings. The zero-order valence-electron chi connectivity index (χ0n) is 5.97. The van der Waals surface area contributed by atoms with E-state index in [1.54, 1.807) is 0 Å². The molecule has 56 valence electrons. The maximum atomic E-state index is 10.4. The Morgan fingerprint density at radius 1 is 1.50 bits per heavy atom. The molecular weight excluding hydrogens is 128 g/mol. The lowest BCUT2D eigenvalue weighted by Crippen LogP contribution is -2.17. The molecule has 1 aliphatic carbocycles. The third-order valence-electron chi connectivity index (χ3n) is 2.04. The Hall–Kier alpha value is -0.790. The van der Waals surface area contributed by atoms with Crippen LogP contribution in [0.3, 0.4) is 0 Å². The molecule has 0 aliphatic heterocycles. The summed E-state index contributed by atoms with van der Waals surface area (Å²) in [6.45, 7) is 3.82. The molecule has 0 spiro atoms. The monoisotopic (exact) mass is 140 g/mol. The lowest BCUT2D eigenvalue weighted by molar-refractivity contribution is -0.142. The lowest BCUT2D eigenvalue weighted by atomic mass is 9.87. The van der Waals surface area contributed by atoms with Crippen LogP contribution in [0.25, 0.3) is 0 Å². The second-order valence-electron chi connectivity index (χ2n) is 2.86. The van der Waals surface area contributed by atoms with Gasteiger partial charge in [-0.05, 0) is 25.7 Å². The normalized spacial score (nSPS) is 21.0. The summed E-state index contributed by atoms with van der Waals surface area (Å²) in [5, 5.41) is 8.59. The molecule has 2 nitrogen and oxygen atoms in total. The zero-order valence-corrected chi connectivity index (χ0v) is 5.97. The van der Waals surface area contributed by atoms with Crippen LogP contribution in [0.1, 0.15) is 25.7 Å². The first-order chi connectivity index (χ1) is 4.70. The molecule has 0 aromatic heterocycles. The van der Waals surface area contributed by atoms with Crippen molar-refractivity contribution in [3.8, 4) is 0 Å². The summed E-state index contributed by atoms with van der Waals surface area (Å²) in [5.74, 6) is -0.752. The van der Waals surface area contributed by atoms with Crippen molar-refractivity contribution < 1.29 is 9.90 Å². The first-order valence-corrected chi connectivity index (χ1v) is 3.59. The van der Waals surface area contributed by atoms with E-state index in [1.165, 1.54) is 5.57 Å². The van der Waals surface area contributed by atoms with Gasteiger partial charge in [-0.2, -0.15) is 0 Å². The molecule has 1 rings (SSSR count). The Labute approximate surface area is 60.6 Å². The summed E-state index contributed by atoms with van der Waals surface area (Å²) in [6, 6.07) is 0. The molecule has 1 aliphatic rings. The Morgan fingerprint density at radius 2 is 2.00 bits per heavy atom. The largest absolute Gasteiger partial charge is 0.481 e. The molecule has 10 heavy (non-hydrogen) atoms. The molecule has 2 heteroatoms. The average molecular weight is 140 g/mol. The molecule has 1 fully saturated rings. The quantitative estimate of drug-likeness (QED) is 0.564. The topological polar surface area (TPSA) is 37.3 Å². The second-order valence-corrected chi connectivity index (χ2v) is 2.86. The Kier molecular flexibility index (Phi) is 2.10. The van der Waals surface area contributed by atoms with E-state index >= 15 is 0 Å². The number of allylic oxidation sites excluding steroid dienone is 1. The zero-order chi connectivity index (χ0) is 7.56. The van der Waals surface area contributed by atoms with Gasteiger partial charge in [0.1, 0.15) is 0 Å². The summed E-state index contributed by atoms with van der Waals surface area (Å²) in [7, 11) is 0. The van der Waals surface area contributed by atoms with Crippen LogP contribution in [-0.2, 0) is 4.79 Å². The van der Waals surface area contributed by atoms with Crippen molar-refractivity contribution in [1.82, 2.24) is 0 Å². The van der Waals surface area contributed by atoms with E-state index in [2.05, 4.69) is 6.58 Å². The minimum absolute atomic E-state index is 0.106. The van der Waals surface area contributed by atoms with Crippen molar-refractivity contribution in [1.29, 1.82) is 0 Å². The summed E-state index contributed by atoms with van der Waals surface area (Å²) in [5.41, 5.74) is 1.21. The van der Waals surface area contributed by atoms with Crippen LogP contribution in [0.5, 0.6) is 0 Å². The summed E-state index contributed by atoms with van der Waals surface area (Å²) < 4.78 is 0. The van der Waals surface area contributed by atoms with Gasteiger partial charge in [0.15, 0.2) is 0 Å². The third kappa shape index (κ3) is 1.59. The highest BCUT2D eigenvalue weighted by Crippen LogP contribution is 2.26. The Balaban J connectivity index is 2.40. The molecule has 1 N–H and O–H groups in total. The Bertz CT molecular complexity index is 151. The molecule has 0 saturated heterocycles. The third-order valence-corrected chi connectivity index (χ3v) is 2.04. The van der Waals surface area contributed by atoms with Crippen molar-refractivity contribution in [2.45, 2.75) is 25.7 Å². The Morgan fingerprint density at radius 3 is 2.40 bits per heavy atom. The van der Waals surface area contributed by atoms with Crippen LogP contribution < -0.4 is 0 Å². The van der Waals surface area contributed by atoms with E-state index < -0.39 is 5.97 Å². The first-order valence-electron chi connectivity index (χ1n) is 3.59. The molecule has 0 radical (unpaired) electrons. The summed E-state index contributed by atoms with van der Waals surface area (Å²) in [4.78, 5) is 10.4. The number of aliphatic carboxylic acids is 1. The maximum absolute atomic E-state index is 10.4. The van der Waals surface area contributed by atoms with E-state index in [4.69, 9.17) is 5.11 Å². The highest BCUT2D eigenvalue weighted by Gasteiger charge is 2.21. The molecular formula is C8H12O2. The van der Waals surface area contributed by atoms with Gasteiger partial charge in [0.2, 0.25) is 0 Å². The van der Waals surface area contributed by atoms with Crippen LogP contribution in [0, 0.1) is 5.92 Å². The van der Waals surface area contributed by atoms with Crippen molar-refractivity contribution in [3.63, 3.8) is 0 Å². The highest BCUT2D eigenvalue weighted by molar-refractivity contribution is 5.70. The summed E-state index contributed by atoms with van der Waals surface area (Å²) >= 11 is 0. The fraction of sp³-hybridized carbons (Fsp3) is 0.625. The van der Waals surface area contributed by atoms with Gasteiger partial charge < -0.3 is 5.11 Å². The van der Waals surface area contributed by atoms with E-state index in [0.29, 0.717) is 0 Å². The number of hydrogen-bond acceptors (Lipinski definition) is 1. The van der Waals surface area contributed by atoms with Crippen molar-refractivity contribution in [2.24, 2.45) is 5.92 Å². The fourth-order valence-electron chi connectivity index (χ4n) is 1.27. The van der Waals surface area contributed by atoms with Gasteiger partial charge in [-0.3, -0.25) is 4.79 Å². The van der Waals surface area contributed by atoms with Crippen LogP contribution in [0.4, 0.5) is 0 Å². The first kappa shape index (κ1) is 7.32. The highest BCUT2D eigenvalue weighted by atomic mass is 16.4.